The molecule has 0 aromatic carbocycles. The van der Waals surface area contributed by atoms with Gasteiger partial charge in [0.25, 0.3) is 0 Å². The van der Waals surface area contributed by atoms with Gasteiger partial charge in [-0.15, -0.1) is 0 Å². The standard InChI is InChI=1S/C13H24N2O/c1-14-12-7-9-15(10-8-12)13(16)11-5-3-2-4-6-11/h11-12,14H,2-10H2,1H3. The zero-order valence-corrected chi connectivity index (χ0v) is 10.4. The predicted octanol–water partition coefficient (Wildman–Crippen LogP) is 1.78. The first-order valence-corrected chi connectivity index (χ1v) is 6.77. The minimum atomic E-state index is 0.347. The minimum Gasteiger partial charge on any atom is -0.342 e. The van der Waals surface area contributed by atoms with Crippen LogP contribution in [-0.2, 0) is 4.79 Å². The van der Waals surface area contributed by atoms with Crippen molar-refractivity contribution in [2.75, 3.05) is 20.1 Å². The third kappa shape index (κ3) is 2.76. The molecule has 92 valence electrons. The van der Waals surface area contributed by atoms with E-state index < -0.39 is 0 Å². The Morgan fingerprint density at radius 2 is 1.69 bits per heavy atom. The largest absolute Gasteiger partial charge is 0.342 e. The number of likely N-dealkylation sites (tertiary alicyclic amines) is 1. The van der Waals surface area contributed by atoms with Crippen molar-refractivity contribution in [2.45, 2.75) is 51.0 Å². The number of nitrogens with one attached hydrogen (secondary N) is 1. The van der Waals surface area contributed by atoms with Crippen LogP contribution in [0.15, 0.2) is 0 Å². The fraction of sp³-hybridized carbons (Fsp3) is 0.923. The summed E-state index contributed by atoms with van der Waals surface area (Å²) < 4.78 is 0. The van der Waals surface area contributed by atoms with E-state index in [0.29, 0.717) is 17.9 Å². The lowest BCUT2D eigenvalue weighted by atomic mass is 9.87. The van der Waals surface area contributed by atoms with Crippen LogP contribution in [-0.4, -0.2) is 37.0 Å². The Hall–Kier alpha value is -0.570. The zero-order valence-electron chi connectivity index (χ0n) is 10.4. The highest BCUT2D eigenvalue weighted by Gasteiger charge is 2.28. The normalized spacial score (nSPS) is 24.7. The van der Waals surface area contributed by atoms with Gasteiger partial charge in [0.15, 0.2) is 0 Å². The van der Waals surface area contributed by atoms with Crippen molar-refractivity contribution >= 4 is 5.91 Å². The summed E-state index contributed by atoms with van der Waals surface area (Å²) in [5.74, 6) is 0.786. The number of piperidine rings is 1. The van der Waals surface area contributed by atoms with Crippen LogP contribution in [0.1, 0.15) is 44.9 Å². The van der Waals surface area contributed by atoms with Crippen LogP contribution in [0.4, 0.5) is 0 Å². The van der Waals surface area contributed by atoms with Gasteiger partial charge in [-0.2, -0.15) is 0 Å². The van der Waals surface area contributed by atoms with E-state index in [-0.39, 0.29) is 0 Å². The Labute approximate surface area is 98.6 Å². The highest BCUT2D eigenvalue weighted by atomic mass is 16.2. The van der Waals surface area contributed by atoms with Gasteiger partial charge in [0.2, 0.25) is 5.91 Å². The quantitative estimate of drug-likeness (QED) is 0.775. The van der Waals surface area contributed by atoms with Crippen LogP contribution in [0.3, 0.4) is 0 Å². The molecular weight excluding hydrogens is 200 g/mol. The highest BCUT2D eigenvalue weighted by molar-refractivity contribution is 5.79. The summed E-state index contributed by atoms with van der Waals surface area (Å²) >= 11 is 0. The van der Waals surface area contributed by atoms with Crippen molar-refractivity contribution in [3.8, 4) is 0 Å². The number of carbonyl (C=O) groups is 1. The molecule has 0 radical (unpaired) electrons. The van der Waals surface area contributed by atoms with Crippen molar-refractivity contribution < 1.29 is 4.79 Å². The molecule has 0 aromatic heterocycles. The molecule has 1 heterocycles. The van der Waals surface area contributed by atoms with Crippen LogP contribution in [0.2, 0.25) is 0 Å². The van der Waals surface area contributed by atoms with Crippen molar-refractivity contribution in [3.05, 3.63) is 0 Å². The van der Waals surface area contributed by atoms with Gasteiger partial charge in [0.1, 0.15) is 0 Å². The Kier molecular flexibility index (Phi) is 4.22. The zero-order chi connectivity index (χ0) is 11.4. The van der Waals surface area contributed by atoms with E-state index >= 15 is 0 Å². The Bertz CT molecular complexity index is 228. The average Bonchev–Trinajstić information content (AvgIpc) is 2.39. The molecule has 0 spiro atoms. The lowest BCUT2D eigenvalue weighted by molar-refractivity contribution is -0.137. The maximum atomic E-state index is 12.3. The first-order chi connectivity index (χ1) is 7.81. The third-order valence-corrected chi connectivity index (χ3v) is 4.17. The fourth-order valence-electron chi connectivity index (χ4n) is 3.00. The highest BCUT2D eigenvalue weighted by Crippen LogP contribution is 2.26. The number of rotatable bonds is 2. The molecule has 3 nitrogen and oxygen atoms in total. The Balaban J connectivity index is 1.81. The van der Waals surface area contributed by atoms with E-state index in [2.05, 4.69) is 10.2 Å². The minimum absolute atomic E-state index is 0.347. The van der Waals surface area contributed by atoms with E-state index in [1.54, 1.807) is 0 Å². The fourth-order valence-corrected chi connectivity index (χ4v) is 3.00. The number of hydrogen-bond acceptors (Lipinski definition) is 2. The molecule has 1 amide bonds. The van der Waals surface area contributed by atoms with E-state index in [9.17, 15) is 4.79 Å². The van der Waals surface area contributed by atoms with Gasteiger partial charge >= 0.3 is 0 Å². The van der Waals surface area contributed by atoms with E-state index in [4.69, 9.17) is 0 Å². The van der Waals surface area contributed by atoms with E-state index in [1.807, 2.05) is 7.05 Å². The average molecular weight is 224 g/mol. The molecule has 16 heavy (non-hydrogen) atoms. The monoisotopic (exact) mass is 224 g/mol. The van der Waals surface area contributed by atoms with Crippen LogP contribution in [0, 0.1) is 5.92 Å². The Morgan fingerprint density at radius 3 is 2.25 bits per heavy atom. The van der Waals surface area contributed by atoms with Gasteiger partial charge in [0, 0.05) is 25.0 Å². The molecule has 2 aliphatic rings. The molecule has 2 fully saturated rings. The molecule has 0 aromatic rings. The summed E-state index contributed by atoms with van der Waals surface area (Å²) in [6.45, 7) is 1.92. The molecule has 1 saturated heterocycles. The predicted molar refractivity (Wildman–Crippen MR) is 65.2 cm³/mol. The molecule has 1 N–H and O–H groups in total. The van der Waals surface area contributed by atoms with Crippen molar-refractivity contribution in [3.63, 3.8) is 0 Å². The molecule has 1 aliphatic carbocycles. The molecule has 2 rings (SSSR count). The number of nitrogens with zero attached hydrogens (tertiary/aromatic N) is 1. The summed E-state index contributed by atoms with van der Waals surface area (Å²) in [7, 11) is 2.02. The van der Waals surface area contributed by atoms with Crippen molar-refractivity contribution in [2.24, 2.45) is 5.92 Å². The maximum absolute atomic E-state index is 12.3. The lowest BCUT2D eigenvalue weighted by Crippen LogP contribution is -2.46. The van der Waals surface area contributed by atoms with E-state index in [0.717, 1.165) is 38.8 Å². The van der Waals surface area contributed by atoms with Crippen molar-refractivity contribution in [1.82, 2.24) is 10.2 Å². The summed E-state index contributed by atoms with van der Waals surface area (Å²) in [6, 6.07) is 0.621. The molecule has 0 bridgehead atoms. The van der Waals surface area contributed by atoms with Crippen LogP contribution >= 0.6 is 0 Å². The van der Waals surface area contributed by atoms with E-state index in [1.165, 1.54) is 19.3 Å². The van der Waals surface area contributed by atoms with Gasteiger partial charge in [0.05, 0.1) is 0 Å². The smallest absolute Gasteiger partial charge is 0.225 e. The van der Waals surface area contributed by atoms with Crippen LogP contribution in [0.25, 0.3) is 0 Å². The summed E-state index contributed by atoms with van der Waals surface area (Å²) in [5.41, 5.74) is 0. The first-order valence-electron chi connectivity index (χ1n) is 6.77. The summed E-state index contributed by atoms with van der Waals surface area (Å²) in [6.07, 6.45) is 8.33. The van der Waals surface area contributed by atoms with Gasteiger partial charge in [-0.3, -0.25) is 4.79 Å². The summed E-state index contributed by atoms with van der Waals surface area (Å²) in [4.78, 5) is 14.4. The summed E-state index contributed by atoms with van der Waals surface area (Å²) in [5, 5.41) is 3.30. The maximum Gasteiger partial charge on any atom is 0.225 e. The molecular formula is C13H24N2O. The third-order valence-electron chi connectivity index (χ3n) is 4.17. The SMILES string of the molecule is CNC1CCN(C(=O)C2CCCCC2)CC1. The van der Waals surface area contributed by atoms with Gasteiger partial charge < -0.3 is 10.2 Å². The second-order valence-corrected chi connectivity index (χ2v) is 5.22. The first kappa shape index (κ1) is 11.9. The number of carbonyl (C=O) groups excluding carboxylic acids is 1. The molecule has 0 atom stereocenters. The molecule has 1 saturated carbocycles. The molecule has 1 aliphatic heterocycles. The second kappa shape index (κ2) is 5.67. The van der Waals surface area contributed by atoms with Crippen molar-refractivity contribution in [1.29, 1.82) is 0 Å². The number of amides is 1. The lowest BCUT2D eigenvalue weighted by Gasteiger charge is -2.35. The van der Waals surface area contributed by atoms with Gasteiger partial charge in [-0.1, -0.05) is 19.3 Å². The molecule has 3 heteroatoms. The van der Waals surface area contributed by atoms with Gasteiger partial charge in [-0.05, 0) is 32.7 Å². The number of hydrogen-bond donors (Lipinski definition) is 1. The van der Waals surface area contributed by atoms with Crippen LogP contribution in [0.5, 0.6) is 0 Å². The molecule has 0 unspecified atom stereocenters. The van der Waals surface area contributed by atoms with Crippen LogP contribution < -0.4 is 5.32 Å². The van der Waals surface area contributed by atoms with Gasteiger partial charge in [-0.25, -0.2) is 0 Å². The second-order valence-electron chi connectivity index (χ2n) is 5.22. The topological polar surface area (TPSA) is 32.3 Å². The Morgan fingerprint density at radius 1 is 1.06 bits per heavy atom.